The molecular weight excluding hydrogens is 341 g/mol. The third kappa shape index (κ3) is 4.56. The van der Waals surface area contributed by atoms with E-state index >= 15 is 0 Å². The van der Waals surface area contributed by atoms with Gasteiger partial charge < -0.3 is 10.1 Å². The van der Waals surface area contributed by atoms with Gasteiger partial charge in [-0.3, -0.25) is 4.90 Å². The van der Waals surface area contributed by atoms with E-state index in [9.17, 15) is 13.2 Å². The van der Waals surface area contributed by atoms with Crippen molar-refractivity contribution in [3.05, 3.63) is 65.2 Å². The SMILES string of the molecule is COc1cccc(CC(c2cccc(C(F)(F)F)c2)N2CCNCC2)c1. The van der Waals surface area contributed by atoms with Crippen LogP contribution in [0.25, 0.3) is 0 Å². The van der Waals surface area contributed by atoms with E-state index in [0.29, 0.717) is 12.0 Å². The molecule has 6 heteroatoms. The van der Waals surface area contributed by atoms with Gasteiger partial charge in [0.05, 0.1) is 12.7 Å². The number of methoxy groups -OCH3 is 1. The largest absolute Gasteiger partial charge is 0.497 e. The second-order valence-electron chi connectivity index (χ2n) is 6.48. The van der Waals surface area contributed by atoms with Gasteiger partial charge >= 0.3 is 6.18 Å². The number of rotatable bonds is 5. The van der Waals surface area contributed by atoms with Crippen LogP contribution >= 0.6 is 0 Å². The number of piperazine rings is 1. The summed E-state index contributed by atoms with van der Waals surface area (Å²) in [6.07, 6.45) is -3.70. The molecule has 140 valence electrons. The maximum absolute atomic E-state index is 13.2. The molecule has 0 aromatic heterocycles. The van der Waals surface area contributed by atoms with Gasteiger partial charge in [-0.25, -0.2) is 0 Å². The molecule has 1 saturated heterocycles. The van der Waals surface area contributed by atoms with Crippen molar-refractivity contribution >= 4 is 0 Å². The highest BCUT2D eigenvalue weighted by Gasteiger charge is 2.32. The minimum absolute atomic E-state index is 0.105. The molecule has 0 radical (unpaired) electrons. The standard InChI is InChI=1S/C20H23F3N2O/c1-26-18-7-2-4-15(12-18)13-19(25-10-8-24-9-11-25)16-5-3-6-17(14-16)20(21,22)23/h2-7,12,14,19,24H,8-11,13H2,1H3. The average Bonchev–Trinajstić information content (AvgIpc) is 2.66. The molecule has 1 unspecified atom stereocenters. The van der Waals surface area contributed by atoms with Crippen LogP contribution in [0.3, 0.4) is 0 Å². The van der Waals surface area contributed by atoms with E-state index in [1.54, 1.807) is 13.2 Å². The normalized spacial score (nSPS) is 17.1. The third-order valence-electron chi connectivity index (χ3n) is 4.75. The van der Waals surface area contributed by atoms with Gasteiger partial charge in [-0.1, -0.05) is 24.3 Å². The fourth-order valence-electron chi connectivity index (χ4n) is 3.40. The van der Waals surface area contributed by atoms with Crippen LogP contribution < -0.4 is 10.1 Å². The van der Waals surface area contributed by atoms with E-state index in [-0.39, 0.29) is 6.04 Å². The van der Waals surface area contributed by atoms with Crippen molar-refractivity contribution in [2.45, 2.75) is 18.6 Å². The zero-order valence-electron chi connectivity index (χ0n) is 14.7. The number of hydrogen-bond donors (Lipinski definition) is 1. The summed E-state index contributed by atoms with van der Waals surface area (Å²) >= 11 is 0. The second kappa shape index (κ2) is 8.10. The summed E-state index contributed by atoms with van der Waals surface area (Å²) in [6, 6.07) is 13.3. The minimum Gasteiger partial charge on any atom is -0.497 e. The average molecular weight is 364 g/mol. The Morgan fingerprint density at radius 2 is 1.81 bits per heavy atom. The molecule has 0 saturated carbocycles. The monoisotopic (exact) mass is 364 g/mol. The third-order valence-corrected chi connectivity index (χ3v) is 4.75. The molecule has 1 N–H and O–H groups in total. The zero-order valence-corrected chi connectivity index (χ0v) is 14.7. The van der Waals surface area contributed by atoms with Crippen LogP contribution in [0, 0.1) is 0 Å². The molecule has 1 aliphatic heterocycles. The summed E-state index contributed by atoms with van der Waals surface area (Å²) < 4.78 is 44.8. The molecule has 3 rings (SSSR count). The van der Waals surface area contributed by atoms with Gasteiger partial charge in [0.2, 0.25) is 0 Å². The first-order valence-electron chi connectivity index (χ1n) is 8.72. The number of hydrogen-bond acceptors (Lipinski definition) is 3. The summed E-state index contributed by atoms with van der Waals surface area (Å²) in [5.41, 5.74) is 1.15. The Kier molecular flexibility index (Phi) is 5.84. The summed E-state index contributed by atoms with van der Waals surface area (Å²) in [7, 11) is 1.61. The van der Waals surface area contributed by atoms with Gasteiger partial charge in [-0.2, -0.15) is 13.2 Å². The number of benzene rings is 2. The lowest BCUT2D eigenvalue weighted by Crippen LogP contribution is -2.45. The minimum atomic E-state index is -4.33. The predicted octanol–water partition coefficient (Wildman–Crippen LogP) is 3.90. The van der Waals surface area contributed by atoms with E-state index in [4.69, 9.17) is 4.74 Å². The number of halogens is 3. The van der Waals surface area contributed by atoms with E-state index in [0.717, 1.165) is 43.6 Å². The fraction of sp³-hybridized carbons (Fsp3) is 0.400. The Bertz CT molecular complexity index is 727. The summed E-state index contributed by atoms with van der Waals surface area (Å²) in [4.78, 5) is 2.26. The van der Waals surface area contributed by atoms with Crippen LogP contribution in [0.15, 0.2) is 48.5 Å². The van der Waals surface area contributed by atoms with E-state index in [1.807, 2.05) is 24.3 Å². The lowest BCUT2D eigenvalue weighted by Gasteiger charge is -2.35. The highest BCUT2D eigenvalue weighted by molar-refractivity contribution is 5.33. The number of nitrogens with zero attached hydrogens (tertiary/aromatic N) is 1. The smallest absolute Gasteiger partial charge is 0.416 e. The van der Waals surface area contributed by atoms with Crippen molar-refractivity contribution < 1.29 is 17.9 Å². The lowest BCUT2D eigenvalue weighted by atomic mass is 9.95. The molecule has 0 spiro atoms. The molecule has 1 aliphatic rings. The molecule has 1 atom stereocenters. The van der Waals surface area contributed by atoms with E-state index < -0.39 is 11.7 Å². The van der Waals surface area contributed by atoms with Crippen molar-refractivity contribution in [1.82, 2.24) is 10.2 Å². The Hall–Kier alpha value is -2.05. The van der Waals surface area contributed by atoms with Crippen LogP contribution in [0.2, 0.25) is 0 Å². The Morgan fingerprint density at radius 3 is 2.50 bits per heavy atom. The number of nitrogens with one attached hydrogen (secondary N) is 1. The van der Waals surface area contributed by atoms with Crippen molar-refractivity contribution in [1.29, 1.82) is 0 Å². The molecule has 0 aliphatic carbocycles. The number of alkyl halides is 3. The topological polar surface area (TPSA) is 24.5 Å². The van der Waals surface area contributed by atoms with Crippen molar-refractivity contribution in [2.75, 3.05) is 33.3 Å². The predicted molar refractivity (Wildman–Crippen MR) is 95.3 cm³/mol. The van der Waals surface area contributed by atoms with Crippen molar-refractivity contribution in [3.8, 4) is 5.75 Å². The molecule has 2 aromatic carbocycles. The van der Waals surface area contributed by atoms with Gasteiger partial charge in [-0.05, 0) is 41.8 Å². The highest BCUT2D eigenvalue weighted by atomic mass is 19.4. The van der Waals surface area contributed by atoms with Gasteiger partial charge in [0, 0.05) is 32.2 Å². The molecule has 26 heavy (non-hydrogen) atoms. The zero-order chi connectivity index (χ0) is 18.6. The number of ether oxygens (including phenoxy) is 1. The first kappa shape index (κ1) is 18.7. The first-order valence-corrected chi connectivity index (χ1v) is 8.72. The maximum Gasteiger partial charge on any atom is 0.416 e. The van der Waals surface area contributed by atoms with Gasteiger partial charge in [-0.15, -0.1) is 0 Å². The van der Waals surface area contributed by atoms with Gasteiger partial charge in [0.25, 0.3) is 0 Å². The molecule has 1 heterocycles. The molecule has 3 nitrogen and oxygen atoms in total. The van der Waals surface area contributed by atoms with Crippen molar-refractivity contribution in [2.24, 2.45) is 0 Å². The molecule has 0 bridgehead atoms. The molecule has 2 aromatic rings. The molecular formula is C20H23F3N2O. The van der Waals surface area contributed by atoms with E-state index in [1.165, 1.54) is 12.1 Å². The molecule has 0 amide bonds. The van der Waals surface area contributed by atoms with Crippen LogP contribution in [0.1, 0.15) is 22.7 Å². The molecule has 1 fully saturated rings. The second-order valence-corrected chi connectivity index (χ2v) is 6.48. The Labute approximate surface area is 151 Å². The van der Waals surface area contributed by atoms with Crippen molar-refractivity contribution in [3.63, 3.8) is 0 Å². The summed E-state index contributed by atoms with van der Waals surface area (Å²) in [5.74, 6) is 0.755. The van der Waals surface area contributed by atoms with E-state index in [2.05, 4.69) is 10.2 Å². The van der Waals surface area contributed by atoms with Crippen LogP contribution in [-0.4, -0.2) is 38.2 Å². The van der Waals surface area contributed by atoms with Crippen LogP contribution in [-0.2, 0) is 12.6 Å². The summed E-state index contributed by atoms with van der Waals surface area (Å²) in [6.45, 7) is 3.30. The highest BCUT2D eigenvalue weighted by Crippen LogP contribution is 2.33. The van der Waals surface area contributed by atoms with Crippen LogP contribution in [0.4, 0.5) is 13.2 Å². The fourth-order valence-corrected chi connectivity index (χ4v) is 3.40. The van der Waals surface area contributed by atoms with Gasteiger partial charge in [0.1, 0.15) is 5.75 Å². The quantitative estimate of drug-likeness (QED) is 0.871. The summed E-state index contributed by atoms with van der Waals surface area (Å²) in [5, 5.41) is 3.30. The Balaban J connectivity index is 1.92. The Morgan fingerprint density at radius 1 is 1.08 bits per heavy atom. The first-order chi connectivity index (χ1) is 12.5. The van der Waals surface area contributed by atoms with Crippen LogP contribution in [0.5, 0.6) is 5.75 Å². The maximum atomic E-state index is 13.2. The van der Waals surface area contributed by atoms with Gasteiger partial charge in [0.15, 0.2) is 0 Å². The lowest BCUT2D eigenvalue weighted by molar-refractivity contribution is -0.137.